The minimum Gasteiger partial charge on any atom is -0.384 e. The Hall–Kier alpha value is -1.73. The van der Waals surface area contributed by atoms with Crippen LogP contribution in [-0.2, 0) is 34.5 Å². The summed E-state index contributed by atoms with van der Waals surface area (Å²) < 4.78 is 13.1. The van der Waals surface area contributed by atoms with E-state index in [0.717, 1.165) is 56.2 Å². The fourth-order valence-electron chi connectivity index (χ4n) is 2.84. The fraction of sp³-hybridized carbons (Fsp3) is 0.667. The minimum atomic E-state index is -0.327. The Kier molecular flexibility index (Phi) is 4.54. The summed E-state index contributed by atoms with van der Waals surface area (Å²) in [5.41, 5.74) is 0.768. The van der Waals surface area contributed by atoms with Gasteiger partial charge in [0.2, 0.25) is 0 Å². The smallest absolute Gasteiger partial charge is 0.159 e. The zero-order valence-electron chi connectivity index (χ0n) is 13.2. The lowest BCUT2D eigenvalue weighted by molar-refractivity contribution is 0.00559. The van der Waals surface area contributed by atoms with E-state index in [1.807, 2.05) is 10.9 Å². The summed E-state index contributed by atoms with van der Waals surface area (Å²) in [7, 11) is 1.69. The number of hydrogen-bond donors (Lipinski definition) is 1. The lowest BCUT2D eigenvalue weighted by Gasteiger charge is -2.22. The monoisotopic (exact) mass is 305 g/mol. The van der Waals surface area contributed by atoms with Crippen molar-refractivity contribution < 1.29 is 9.47 Å². The first-order valence-electron chi connectivity index (χ1n) is 7.75. The maximum Gasteiger partial charge on any atom is 0.159 e. The van der Waals surface area contributed by atoms with Crippen LogP contribution in [0.5, 0.6) is 0 Å². The summed E-state index contributed by atoms with van der Waals surface area (Å²) in [6, 6.07) is 0. The van der Waals surface area contributed by atoms with Crippen molar-refractivity contribution in [1.82, 2.24) is 24.7 Å². The summed E-state index contributed by atoms with van der Waals surface area (Å²) >= 11 is 0. The third kappa shape index (κ3) is 3.20. The third-order valence-corrected chi connectivity index (χ3v) is 4.08. The van der Waals surface area contributed by atoms with Gasteiger partial charge in [-0.25, -0.2) is 14.6 Å². The van der Waals surface area contributed by atoms with E-state index < -0.39 is 0 Å². The Labute approximate surface area is 130 Å². The Balaban J connectivity index is 1.80. The molecule has 1 atom stereocenters. The molecule has 0 bridgehead atoms. The van der Waals surface area contributed by atoms with Crippen LogP contribution in [0.4, 0.5) is 0 Å². The fourth-order valence-corrected chi connectivity index (χ4v) is 2.84. The number of H-pyrrole nitrogens is 1. The van der Waals surface area contributed by atoms with E-state index in [0.29, 0.717) is 6.61 Å². The molecule has 0 aromatic carbocycles. The number of rotatable bonds is 7. The van der Waals surface area contributed by atoms with Gasteiger partial charge in [0, 0.05) is 45.0 Å². The molecule has 2 aromatic heterocycles. The van der Waals surface area contributed by atoms with E-state index in [2.05, 4.69) is 22.0 Å². The summed E-state index contributed by atoms with van der Waals surface area (Å²) in [5, 5.41) is 4.65. The number of aromatic nitrogens is 5. The van der Waals surface area contributed by atoms with Crippen LogP contribution in [0, 0.1) is 0 Å². The maximum atomic E-state index is 5.95. The molecule has 7 nitrogen and oxygen atoms in total. The Bertz CT molecular complexity index is 587. The summed E-state index contributed by atoms with van der Waals surface area (Å²) in [6.07, 6.45) is 7.16. The highest BCUT2D eigenvalue weighted by Gasteiger charge is 2.37. The third-order valence-electron chi connectivity index (χ3n) is 4.08. The van der Waals surface area contributed by atoms with Gasteiger partial charge in [-0.3, -0.25) is 0 Å². The molecule has 120 valence electrons. The second-order valence-electron chi connectivity index (χ2n) is 5.83. The number of aromatic amines is 1. The number of ether oxygens (including phenoxy) is 2. The highest BCUT2D eigenvalue weighted by atomic mass is 16.5. The molecule has 0 aliphatic carbocycles. The lowest BCUT2D eigenvalue weighted by atomic mass is 10.0. The molecule has 0 amide bonds. The molecule has 1 saturated heterocycles. The van der Waals surface area contributed by atoms with Crippen molar-refractivity contribution in [3.05, 3.63) is 29.9 Å². The van der Waals surface area contributed by atoms with Crippen molar-refractivity contribution in [2.75, 3.05) is 20.3 Å². The normalized spacial score (nSPS) is 21.5. The van der Waals surface area contributed by atoms with Crippen LogP contribution in [-0.4, -0.2) is 45.1 Å². The minimum absolute atomic E-state index is 0.327. The van der Waals surface area contributed by atoms with E-state index in [1.165, 1.54) is 0 Å². The second-order valence-corrected chi connectivity index (χ2v) is 5.83. The quantitative estimate of drug-likeness (QED) is 0.838. The molecule has 1 N–H and O–H groups in total. The zero-order valence-corrected chi connectivity index (χ0v) is 13.2. The van der Waals surface area contributed by atoms with Gasteiger partial charge in [0.15, 0.2) is 11.6 Å². The van der Waals surface area contributed by atoms with Crippen LogP contribution in [0.1, 0.15) is 37.1 Å². The zero-order chi connectivity index (χ0) is 15.4. The molecule has 1 fully saturated rings. The van der Waals surface area contributed by atoms with Crippen LogP contribution in [0.15, 0.2) is 12.5 Å². The first-order valence-corrected chi connectivity index (χ1v) is 7.75. The maximum absolute atomic E-state index is 5.95. The number of hydrogen-bond acceptors (Lipinski definition) is 5. The summed E-state index contributed by atoms with van der Waals surface area (Å²) in [6.45, 7) is 4.28. The average molecular weight is 305 g/mol. The van der Waals surface area contributed by atoms with Crippen molar-refractivity contribution in [3.8, 4) is 0 Å². The van der Waals surface area contributed by atoms with Gasteiger partial charge < -0.3 is 14.5 Å². The summed E-state index contributed by atoms with van der Waals surface area (Å²) in [4.78, 5) is 11.9. The molecule has 1 unspecified atom stereocenters. The molecular formula is C15H23N5O2. The number of nitrogens with one attached hydrogen (secondary N) is 1. The van der Waals surface area contributed by atoms with Crippen molar-refractivity contribution in [2.24, 2.45) is 0 Å². The number of methoxy groups -OCH3 is 1. The van der Waals surface area contributed by atoms with Gasteiger partial charge in [0.1, 0.15) is 5.60 Å². The molecule has 3 heterocycles. The van der Waals surface area contributed by atoms with E-state index in [1.54, 1.807) is 13.4 Å². The SMILES string of the molecule is COCCc1nc(C2(C)CCCO2)n(CCc2cnc[nH]2)n1. The van der Waals surface area contributed by atoms with Crippen LogP contribution >= 0.6 is 0 Å². The molecule has 7 heteroatoms. The van der Waals surface area contributed by atoms with Crippen molar-refractivity contribution in [3.63, 3.8) is 0 Å². The van der Waals surface area contributed by atoms with Gasteiger partial charge in [0.25, 0.3) is 0 Å². The summed E-state index contributed by atoms with van der Waals surface area (Å²) in [5.74, 6) is 1.74. The molecule has 22 heavy (non-hydrogen) atoms. The molecule has 0 saturated carbocycles. The highest BCUT2D eigenvalue weighted by molar-refractivity contribution is 5.07. The van der Waals surface area contributed by atoms with Gasteiger partial charge in [-0.15, -0.1) is 0 Å². The first kappa shape index (κ1) is 15.2. The van der Waals surface area contributed by atoms with Crippen LogP contribution in [0.2, 0.25) is 0 Å². The number of imidazole rings is 1. The molecule has 1 aliphatic heterocycles. The second kappa shape index (κ2) is 6.58. The number of aryl methyl sites for hydroxylation is 2. The predicted molar refractivity (Wildman–Crippen MR) is 80.4 cm³/mol. The van der Waals surface area contributed by atoms with Gasteiger partial charge in [-0.05, 0) is 19.8 Å². The Morgan fingerprint density at radius 3 is 3.05 bits per heavy atom. The molecular weight excluding hydrogens is 282 g/mol. The topological polar surface area (TPSA) is 77.9 Å². The van der Waals surface area contributed by atoms with E-state index in [4.69, 9.17) is 14.5 Å². The molecule has 2 aromatic rings. The average Bonchev–Trinajstić information content (AvgIpc) is 3.24. The van der Waals surface area contributed by atoms with E-state index >= 15 is 0 Å². The van der Waals surface area contributed by atoms with Gasteiger partial charge in [-0.1, -0.05) is 0 Å². The van der Waals surface area contributed by atoms with E-state index in [9.17, 15) is 0 Å². The van der Waals surface area contributed by atoms with E-state index in [-0.39, 0.29) is 5.60 Å². The standard InChI is InChI=1S/C15H23N5O2/c1-15(6-3-8-22-15)14-18-13(5-9-21-2)19-20(14)7-4-12-10-16-11-17-12/h10-11H,3-9H2,1-2H3,(H,16,17). The first-order chi connectivity index (χ1) is 10.7. The van der Waals surface area contributed by atoms with Gasteiger partial charge in [-0.2, -0.15) is 5.10 Å². The molecule has 1 aliphatic rings. The molecule has 3 rings (SSSR count). The largest absolute Gasteiger partial charge is 0.384 e. The Morgan fingerprint density at radius 2 is 2.36 bits per heavy atom. The predicted octanol–water partition coefficient (Wildman–Crippen LogP) is 1.46. The van der Waals surface area contributed by atoms with Gasteiger partial charge >= 0.3 is 0 Å². The van der Waals surface area contributed by atoms with Crippen molar-refractivity contribution >= 4 is 0 Å². The highest BCUT2D eigenvalue weighted by Crippen LogP contribution is 2.34. The van der Waals surface area contributed by atoms with Crippen LogP contribution in [0.25, 0.3) is 0 Å². The van der Waals surface area contributed by atoms with Gasteiger partial charge in [0.05, 0.1) is 12.9 Å². The van der Waals surface area contributed by atoms with Crippen molar-refractivity contribution in [2.45, 2.75) is 44.8 Å². The molecule has 0 radical (unpaired) electrons. The Morgan fingerprint density at radius 1 is 1.45 bits per heavy atom. The van der Waals surface area contributed by atoms with Crippen LogP contribution < -0.4 is 0 Å². The number of nitrogens with zero attached hydrogens (tertiary/aromatic N) is 4. The van der Waals surface area contributed by atoms with Crippen LogP contribution in [0.3, 0.4) is 0 Å². The lowest BCUT2D eigenvalue weighted by Crippen LogP contribution is -2.26. The van der Waals surface area contributed by atoms with Crippen molar-refractivity contribution in [1.29, 1.82) is 0 Å². The molecule has 0 spiro atoms.